The quantitative estimate of drug-likeness (QED) is 0.366. The maximum absolute atomic E-state index is 12.9. The van der Waals surface area contributed by atoms with E-state index in [-0.39, 0.29) is 5.78 Å². The van der Waals surface area contributed by atoms with Gasteiger partial charge in [0.2, 0.25) is 11.9 Å². The van der Waals surface area contributed by atoms with Crippen LogP contribution in [0.15, 0.2) is 72.9 Å². The van der Waals surface area contributed by atoms with Crippen molar-refractivity contribution in [3.63, 3.8) is 0 Å². The molecule has 3 heterocycles. The van der Waals surface area contributed by atoms with E-state index in [9.17, 15) is 4.79 Å². The summed E-state index contributed by atoms with van der Waals surface area (Å²) in [6, 6.07) is 20.8. The molecule has 37 heavy (non-hydrogen) atoms. The molecule has 1 fully saturated rings. The van der Waals surface area contributed by atoms with E-state index >= 15 is 0 Å². The molecule has 1 aliphatic rings. The third kappa shape index (κ3) is 6.07. The van der Waals surface area contributed by atoms with Gasteiger partial charge in [0.1, 0.15) is 11.6 Å². The number of hydrogen-bond donors (Lipinski definition) is 1. The summed E-state index contributed by atoms with van der Waals surface area (Å²) < 4.78 is 5.29. The predicted molar refractivity (Wildman–Crippen MR) is 144 cm³/mol. The molecule has 0 amide bonds. The van der Waals surface area contributed by atoms with E-state index in [1.54, 1.807) is 25.4 Å². The number of pyridine rings is 1. The zero-order valence-corrected chi connectivity index (χ0v) is 21.0. The number of piperazine rings is 1. The minimum atomic E-state index is 0.0179. The summed E-state index contributed by atoms with van der Waals surface area (Å²) in [5, 5.41) is 3.20. The molecule has 9 nitrogen and oxygen atoms in total. The van der Waals surface area contributed by atoms with Crippen LogP contribution in [0.1, 0.15) is 15.9 Å². The normalized spacial score (nSPS) is 13.8. The molecule has 0 unspecified atom stereocenters. The number of nitrogens with one attached hydrogen (secondary N) is 1. The number of hydrogen-bond acceptors (Lipinski definition) is 9. The summed E-state index contributed by atoms with van der Waals surface area (Å²) in [7, 11) is 3.75. The van der Waals surface area contributed by atoms with Crippen LogP contribution in [0.4, 0.5) is 17.7 Å². The van der Waals surface area contributed by atoms with Gasteiger partial charge in [0.05, 0.1) is 7.11 Å². The Labute approximate surface area is 216 Å². The van der Waals surface area contributed by atoms with Gasteiger partial charge in [-0.15, -0.1) is 0 Å². The van der Waals surface area contributed by atoms with Gasteiger partial charge in [-0.05, 0) is 49.0 Å². The number of carbonyl (C=O) groups is 1. The van der Waals surface area contributed by atoms with Crippen LogP contribution in [-0.4, -0.2) is 71.0 Å². The number of ketones is 1. The van der Waals surface area contributed by atoms with Crippen molar-refractivity contribution in [1.82, 2.24) is 24.8 Å². The van der Waals surface area contributed by atoms with E-state index < -0.39 is 0 Å². The van der Waals surface area contributed by atoms with Crippen molar-refractivity contribution < 1.29 is 9.53 Å². The Balaban J connectivity index is 1.42. The first-order valence-electron chi connectivity index (χ1n) is 12.2. The first kappa shape index (κ1) is 24.3. The Hall–Kier alpha value is -4.37. The second kappa shape index (κ2) is 11.1. The van der Waals surface area contributed by atoms with Crippen LogP contribution in [0.2, 0.25) is 0 Å². The van der Waals surface area contributed by atoms with Crippen LogP contribution in [0.25, 0.3) is 11.4 Å². The second-order valence-corrected chi connectivity index (χ2v) is 8.94. The summed E-state index contributed by atoms with van der Waals surface area (Å²) >= 11 is 0. The maximum Gasteiger partial charge on any atom is 0.233 e. The van der Waals surface area contributed by atoms with Crippen molar-refractivity contribution in [3.05, 3.63) is 84.1 Å². The smallest absolute Gasteiger partial charge is 0.233 e. The molecule has 9 heteroatoms. The Morgan fingerprint density at radius 2 is 1.70 bits per heavy atom. The number of carbonyl (C=O) groups excluding carboxylic acids is 1. The number of anilines is 3. The third-order valence-electron chi connectivity index (χ3n) is 6.29. The van der Waals surface area contributed by atoms with Crippen LogP contribution >= 0.6 is 0 Å². The van der Waals surface area contributed by atoms with E-state index in [4.69, 9.17) is 14.7 Å². The van der Waals surface area contributed by atoms with Crippen molar-refractivity contribution in [3.8, 4) is 17.1 Å². The number of methoxy groups -OCH3 is 1. The molecule has 2 aromatic carbocycles. The lowest BCUT2D eigenvalue weighted by Crippen LogP contribution is -2.45. The lowest BCUT2D eigenvalue weighted by molar-refractivity contribution is 0.0993. The van der Waals surface area contributed by atoms with Gasteiger partial charge in [0.15, 0.2) is 11.6 Å². The number of ether oxygens (including phenoxy) is 1. The topological polar surface area (TPSA) is 96.4 Å². The summed E-state index contributed by atoms with van der Waals surface area (Å²) in [4.78, 5) is 35.9. The van der Waals surface area contributed by atoms with Gasteiger partial charge in [-0.25, -0.2) is 4.98 Å². The van der Waals surface area contributed by atoms with Crippen LogP contribution in [0.3, 0.4) is 0 Å². The van der Waals surface area contributed by atoms with E-state index in [1.165, 1.54) is 0 Å². The molecular formula is C28H29N7O2. The molecule has 0 atom stereocenters. The molecule has 0 bridgehead atoms. The van der Waals surface area contributed by atoms with Crippen LogP contribution in [0.5, 0.6) is 5.75 Å². The molecule has 0 spiro atoms. The molecule has 0 aliphatic carbocycles. The van der Waals surface area contributed by atoms with Gasteiger partial charge >= 0.3 is 0 Å². The van der Waals surface area contributed by atoms with Crippen molar-refractivity contribution in [2.24, 2.45) is 0 Å². The summed E-state index contributed by atoms with van der Waals surface area (Å²) in [5.74, 6) is 2.80. The van der Waals surface area contributed by atoms with Crippen molar-refractivity contribution in [1.29, 1.82) is 0 Å². The van der Waals surface area contributed by atoms with Gasteiger partial charge in [-0.2, -0.15) is 15.0 Å². The number of Topliss-reactive ketones (excluding diaryl/α,β-unsaturated/α-hetero) is 1. The van der Waals surface area contributed by atoms with Gasteiger partial charge < -0.3 is 19.9 Å². The molecule has 0 radical (unpaired) electrons. The van der Waals surface area contributed by atoms with E-state index in [0.717, 1.165) is 43.1 Å². The third-order valence-corrected chi connectivity index (χ3v) is 6.29. The van der Waals surface area contributed by atoms with E-state index in [0.29, 0.717) is 35.5 Å². The zero-order valence-electron chi connectivity index (χ0n) is 21.0. The Kier molecular flexibility index (Phi) is 7.32. The average molecular weight is 496 g/mol. The Morgan fingerprint density at radius 1 is 0.946 bits per heavy atom. The van der Waals surface area contributed by atoms with Crippen molar-refractivity contribution in [2.45, 2.75) is 6.42 Å². The fraction of sp³-hybridized carbons (Fsp3) is 0.250. The number of nitrogens with zero attached hydrogens (tertiary/aromatic N) is 6. The first-order chi connectivity index (χ1) is 18.1. The Bertz CT molecular complexity index is 1350. The van der Waals surface area contributed by atoms with Crippen LogP contribution in [-0.2, 0) is 6.42 Å². The van der Waals surface area contributed by atoms with Crippen molar-refractivity contribution >= 4 is 23.5 Å². The Morgan fingerprint density at radius 3 is 2.43 bits per heavy atom. The van der Waals surface area contributed by atoms with Gasteiger partial charge in [0.25, 0.3) is 0 Å². The first-order valence-corrected chi connectivity index (χ1v) is 12.2. The molecule has 2 aromatic heterocycles. The highest BCUT2D eigenvalue weighted by molar-refractivity contribution is 5.98. The molecule has 1 N–H and O–H groups in total. The average Bonchev–Trinajstić information content (AvgIpc) is 2.94. The highest BCUT2D eigenvalue weighted by Gasteiger charge is 2.19. The minimum Gasteiger partial charge on any atom is -0.497 e. The molecular weight excluding hydrogens is 466 g/mol. The molecule has 4 aromatic rings. The van der Waals surface area contributed by atoms with Gasteiger partial charge in [-0.3, -0.25) is 4.79 Å². The molecule has 1 saturated heterocycles. The molecule has 5 rings (SSSR count). The molecule has 188 valence electrons. The van der Waals surface area contributed by atoms with Crippen LogP contribution < -0.4 is 15.0 Å². The highest BCUT2D eigenvalue weighted by Crippen LogP contribution is 2.24. The number of aromatic nitrogens is 4. The standard InChI is InChI=1S/C28H29N7O2/c1-34-14-16-35(17-15-34)28-32-26(21-8-10-23(37-2)11-9-21)31-27(33-28)30-25-19-22(12-13-29-25)24(36)18-20-6-4-3-5-7-20/h3-13,19H,14-18H2,1-2H3,(H,29,30,31,32,33). The molecule has 0 saturated carbocycles. The van der Waals surface area contributed by atoms with Gasteiger partial charge in [0, 0.05) is 49.9 Å². The number of rotatable bonds is 8. The lowest BCUT2D eigenvalue weighted by atomic mass is 10.0. The lowest BCUT2D eigenvalue weighted by Gasteiger charge is -2.32. The second-order valence-electron chi connectivity index (χ2n) is 8.94. The van der Waals surface area contributed by atoms with Crippen molar-refractivity contribution in [2.75, 3.05) is 50.6 Å². The minimum absolute atomic E-state index is 0.0179. The number of likely N-dealkylation sites (N-methyl/N-ethyl adjacent to an activating group) is 1. The van der Waals surface area contributed by atoms with E-state index in [2.05, 4.69) is 32.1 Å². The fourth-order valence-electron chi connectivity index (χ4n) is 4.11. The van der Waals surface area contributed by atoms with Gasteiger partial charge in [-0.1, -0.05) is 30.3 Å². The molecule has 1 aliphatic heterocycles. The summed E-state index contributed by atoms with van der Waals surface area (Å²) in [6.45, 7) is 3.51. The maximum atomic E-state index is 12.9. The van der Waals surface area contributed by atoms with Crippen LogP contribution in [0, 0.1) is 0 Å². The SMILES string of the molecule is COc1ccc(-c2nc(Nc3cc(C(=O)Cc4ccccc4)ccn3)nc(N3CCN(C)CC3)n2)cc1. The van der Waals surface area contributed by atoms with E-state index in [1.807, 2.05) is 54.6 Å². The largest absolute Gasteiger partial charge is 0.497 e. The number of benzene rings is 2. The monoisotopic (exact) mass is 495 g/mol. The highest BCUT2D eigenvalue weighted by atomic mass is 16.5. The predicted octanol–water partition coefficient (Wildman–Crippen LogP) is 3.86. The summed E-state index contributed by atoms with van der Waals surface area (Å²) in [6.07, 6.45) is 1.94. The zero-order chi connectivity index (χ0) is 25.6. The summed E-state index contributed by atoms with van der Waals surface area (Å²) in [5.41, 5.74) is 2.39. The fourth-order valence-corrected chi connectivity index (χ4v) is 4.11.